The normalized spacial score (nSPS) is 13.3. The summed E-state index contributed by atoms with van der Waals surface area (Å²) in [5, 5.41) is 5.71. The Kier molecular flexibility index (Phi) is 4.69. The van der Waals surface area contributed by atoms with Gasteiger partial charge in [0.2, 0.25) is 5.91 Å². The molecular weight excluding hydrogens is 306 g/mol. The number of hydrogen-bond donors (Lipinski definition) is 3. The zero-order valence-corrected chi connectivity index (χ0v) is 13.2. The van der Waals surface area contributed by atoms with E-state index < -0.39 is 5.91 Å². The summed E-state index contributed by atoms with van der Waals surface area (Å²) in [5.74, 6) is 1.33. The van der Waals surface area contributed by atoms with E-state index in [1.807, 2.05) is 18.2 Å². The lowest BCUT2D eigenvalue weighted by molar-refractivity contribution is -0.117. The Labute approximate surface area is 139 Å². The van der Waals surface area contributed by atoms with Crippen LogP contribution < -0.4 is 16.4 Å². The molecule has 2 aromatic rings. The molecule has 0 aliphatic heterocycles. The Bertz CT molecular complexity index is 741. The Hall–Kier alpha value is -2.96. The quantitative estimate of drug-likeness (QED) is 0.708. The number of amides is 2. The smallest absolute Gasteiger partial charge is 0.251 e. The van der Waals surface area contributed by atoms with Crippen molar-refractivity contribution in [2.75, 3.05) is 11.9 Å². The predicted octanol–water partition coefficient (Wildman–Crippen LogP) is 1.18. The van der Waals surface area contributed by atoms with E-state index in [-0.39, 0.29) is 12.5 Å². The first-order chi connectivity index (χ1) is 11.6. The van der Waals surface area contributed by atoms with Gasteiger partial charge in [0.1, 0.15) is 11.6 Å². The minimum atomic E-state index is -0.570. The second-order valence-corrected chi connectivity index (χ2v) is 5.77. The third kappa shape index (κ3) is 4.28. The highest BCUT2D eigenvalue weighted by Gasteiger charge is 2.26. The lowest BCUT2D eigenvalue weighted by Crippen LogP contribution is -2.33. The SMILES string of the molecule is NC(=O)CNC(=O)c1ccc(CNc2ccnc(C3CC3)n2)cc1. The number of aromatic nitrogens is 2. The van der Waals surface area contributed by atoms with Gasteiger partial charge in [-0.25, -0.2) is 9.97 Å². The van der Waals surface area contributed by atoms with Gasteiger partial charge in [-0.3, -0.25) is 9.59 Å². The third-order valence-corrected chi connectivity index (χ3v) is 3.73. The van der Waals surface area contributed by atoms with Crippen LogP contribution in [0.5, 0.6) is 0 Å². The van der Waals surface area contributed by atoms with Gasteiger partial charge < -0.3 is 16.4 Å². The number of benzene rings is 1. The fourth-order valence-corrected chi connectivity index (χ4v) is 2.25. The maximum Gasteiger partial charge on any atom is 0.251 e. The number of nitrogens with two attached hydrogens (primary N) is 1. The van der Waals surface area contributed by atoms with Crippen molar-refractivity contribution in [3.63, 3.8) is 0 Å². The van der Waals surface area contributed by atoms with E-state index in [0.29, 0.717) is 18.0 Å². The molecule has 0 saturated heterocycles. The summed E-state index contributed by atoms with van der Waals surface area (Å²) in [4.78, 5) is 31.3. The van der Waals surface area contributed by atoms with Crippen LogP contribution in [-0.2, 0) is 11.3 Å². The van der Waals surface area contributed by atoms with Crippen molar-refractivity contribution in [1.29, 1.82) is 0 Å². The van der Waals surface area contributed by atoms with Crippen LogP contribution in [0.3, 0.4) is 0 Å². The number of anilines is 1. The van der Waals surface area contributed by atoms with Crippen molar-refractivity contribution in [1.82, 2.24) is 15.3 Å². The first kappa shape index (κ1) is 15.9. The highest BCUT2D eigenvalue weighted by Crippen LogP contribution is 2.38. The van der Waals surface area contributed by atoms with E-state index in [4.69, 9.17) is 5.73 Å². The number of hydrogen-bond acceptors (Lipinski definition) is 5. The van der Waals surface area contributed by atoms with Gasteiger partial charge in [-0.1, -0.05) is 12.1 Å². The van der Waals surface area contributed by atoms with E-state index in [2.05, 4.69) is 20.6 Å². The van der Waals surface area contributed by atoms with Crippen molar-refractivity contribution in [3.05, 3.63) is 53.5 Å². The van der Waals surface area contributed by atoms with Gasteiger partial charge in [0, 0.05) is 24.2 Å². The lowest BCUT2D eigenvalue weighted by atomic mass is 10.1. The van der Waals surface area contributed by atoms with Crippen LogP contribution in [-0.4, -0.2) is 28.3 Å². The molecule has 1 aliphatic rings. The van der Waals surface area contributed by atoms with Gasteiger partial charge in [0.15, 0.2) is 0 Å². The maximum absolute atomic E-state index is 11.8. The van der Waals surface area contributed by atoms with Crippen LogP contribution in [0.2, 0.25) is 0 Å². The predicted molar refractivity (Wildman–Crippen MR) is 89.3 cm³/mol. The molecule has 7 heteroatoms. The molecular formula is C17H19N5O2. The second kappa shape index (κ2) is 7.08. The Morgan fingerprint density at radius 2 is 1.92 bits per heavy atom. The molecule has 3 rings (SSSR count). The van der Waals surface area contributed by atoms with Gasteiger partial charge in [-0.2, -0.15) is 0 Å². The molecule has 1 aliphatic carbocycles. The summed E-state index contributed by atoms with van der Waals surface area (Å²) in [6, 6.07) is 8.98. The van der Waals surface area contributed by atoms with Crippen molar-refractivity contribution in [2.24, 2.45) is 5.73 Å². The summed E-state index contributed by atoms with van der Waals surface area (Å²) >= 11 is 0. The fourth-order valence-electron chi connectivity index (χ4n) is 2.25. The van der Waals surface area contributed by atoms with Crippen LogP contribution >= 0.6 is 0 Å². The summed E-state index contributed by atoms with van der Waals surface area (Å²) in [6.07, 6.45) is 4.11. The van der Waals surface area contributed by atoms with Gasteiger partial charge in [-0.05, 0) is 36.6 Å². The van der Waals surface area contributed by atoms with Gasteiger partial charge in [-0.15, -0.1) is 0 Å². The van der Waals surface area contributed by atoms with Crippen LogP contribution in [0.25, 0.3) is 0 Å². The van der Waals surface area contributed by atoms with Crippen LogP contribution in [0.1, 0.15) is 40.5 Å². The average Bonchev–Trinajstić information content (AvgIpc) is 3.44. The van der Waals surface area contributed by atoms with Crippen molar-refractivity contribution in [3.8, 4) is 0 Å². The Balaban J connectivity index is 1.55. The molecule has 0 bridgehead atoms. The lowest BCUT2D eigenvalue weighted by Gasteiger charge is -2.08. The minimum Gasteiger partial charge on any atom is -0.368 e. The standard InChI is InChI=1S/C17H19N5O2/c18-14(23)10-21-17(24)13-3-1-11(2-4-13)9-20-15-7-8-19-16(22-15)12-5-6-12/h1-4,7-8,12H,5-6,9-10H2,(H2,18,23)(H,21,24)(H,19,20,22). The molecule has 0 unspecified atom stereocenters. The molecule has 2 amide bonds. The molecule has 0 spiro atoms. The zero-order valence-electron chi connectivity index (χ0n) is 13.2. The fraction of sp³-hybridized carbons (Fsp3) is 0.294. The number of primary amides is 1. The first-order valence-corrected chi connectivity index (χ1v) is 7.84. The molecule has 24 heavy (non-hydrogen) atoms. The highest BCUT2D eigenvalue weighted by molar-refractivity contribution is 5.96. The van der Waals surface area contributed by atoms with Gasteiger partial charge in [0.25, 0.3) is 5.91 Å². The van der Waals surface area contributed by atoms with E-state index in [9.17, 15) is 9.59 Å². The highest BCUT2D eigenvalue weighted by atomic mass is 16.2. The largest absolute Gasteiger partial charge is 0.368 e. The molecule has 1 heterocycles. The maximum atomic E-state index is 11.8. The molecule has 7 nitrogen and oxygen atoms in total. The molecule has 4 N–H and O–H groups in total. The third-order valence-electron chi connectivity index (χ3n) is 3.73. The summed E-state index contributed by atoms with van der Waals surface area (Å²) in [6.45, 7) is 0.434. The monoisotopic (exact) mass is 325 g/mol. The van der Waals surface area contributed by atoms with Crippen molar-refractivity contribution in [2.45, 2.75) is 25.3 Å². The molecule has 1 aromatic carbocycles. The number of nitrogens with zero attached hydrogens (tertiary/aromatic N) is 2. The summed E-state index contributed by atoms with van der Waals surface area (Å²) in [7, 11) is 0. The Morgan fingerprint density at radius 3 is 2.58 bits per heavy atom. The van der Waals surface area contributed by atoms with E-state index >= 15 is 0 Å². The van der Waals surface area contributed by atoms with Gasteiger partial charge >= 0.3 is 0 Å². The van der Waals surface area contributed by atoms with Crippen molar-refractivity contribution >= 4 is 17.6 Å². The number of carbonyl (C=O) groups is 2. The molecule has 124 valence electrons. The van der Waals surface area contributed by atoms with Crippen molar-refractivity contribution < 1.29 is 9.59 Å². The molecule has 1 aromatic heterocycles. The second-order valence-electron chi connectivity index (χ2n) is 5.77. The van der Waals surface area contributed by atoms with E-state index in [0.717, 1.165) is 17.2 Å². The molecule has 0 radical (unpaired) electrons. The minimum absolute atomic E-state index is 0.167. The molecule has 1 saturated carbocycles. The molecule has 1 fully saturated rings. The first-order valence-electron chi connectivity index (χ1n) is 7.84. The molecule has 0 atom stereocenters. The average molecular weight is 325 g/mol. The van der Waals surface area contributed by atoms with Gasteiger partial charge in [0.05, 0.1) is 6.54 Å². The number of carbonyl (C=O) groups excluding carboxylic acids is 2. The Morgan fingerprint density at radius 1 is 1.17 bits per heavy atom. The topological polar surface area (TPSA) is 110 Å². The summed E-state index contributed by atoms with van der Waals surface area (Å²) < 4.78 is 0. The number of nitrogens with one attached hydrogen (secondary N) is 2. The van der Waals surface area contributed by atoms with Crippen LogP contribution in [0.15, 0.2) is 36.5 Å². The van der Waals surface area contributed by atoms with Crippen LogP contribution in [0.4, 0.5) is 5.82 Å². The summed E-state index contributed by atoms with van der Waals surface area (Å²) in [5.41, 5.74) is 6.50. The van der Waals surface area contributed by atoms with E-state index in [1.165, 1.54) is 12.8 Å². The van der Waals surface area contributed by atoms with E-state index in [1.54, 1.807) is 18.3 Å². The van der Waals surface area contributed by atoms with Crippen LogP contribution in [0, 0.1) is 0 Å². The number of rotatable bonds is 7. The zero-order chi connectivity index (χ0) is 16.9.